The van der Waals surface area contributed by atoms with E-state index in [0.717, 1.165) is 12.2 Å². The monoisotopic (exact) mass is 243 g/mol. The van der Waals surface area contributed by atoms with Crippen LogP contribution in [0.2, 0.25) is 0 Å². The van der Waals surface area contributed by atoms with Gasteiger partial charge in [-0.15, -0.1) is 0 Å². The maximum Gasteiger partial charge on any atom is 0.0650 e. The SMILES string of the molecule is CCCC(C)CNc1cccc(-c2ccn[nH]2)c1. The molecule has 2 rings (SSSR count). The molecule has 1 aromatic carbocycles. The van der Waals surface area contributed by atoms with Gasteiger partial charge in [0.1, 0.15) is 0 Å². The molecule has 2 N–H and O–H groups in total. The summed E-state index contributed by atoms with van der Waals surface area (Å²) in [4.78, 5) is 0. The zero-order valence-corrected chi connectivity index (χ0v) is 11.1. The lowest BCUT2D eigenvalue weighted by Crippen LogP contribution is -2.10. The van der Waals surface area contributed by atoms with Gasteiger partial charge >= 0.3 is 0 Å². The predicted octanol–water partition coefficient (Wildman–Crippen LogP) is 3.92. The zero-order chi connectivity index (χ0) is 12.8. The minimum atomic E-state index is 0.714. The van der Waals surface area contributed by atoms with Gasteiger partial charge in [0.2, 0.25) is 0 Å². The Morgan fingerprint density at radius 3 is 2.94 bits per heavy atom. The van der Waals surface area contributed by atoms with Crippen molar-refractivity contribution in [1.29, 1.82) is 0 Å². The molecule has 2 aromatic rings. The molecule has 1 aromatic heterocycles. The quantitative estimate of drug-likeness (QED) is 0.807. The zero-order valence-electron chi connectivity index (χ0n) is 11.1. The van der Waals surface area contributed by atoms with Gasteiger partial charge in [-0.05, 0) is 30.5 Å². The molecule has 0 saturated carbocycles. The number of benzene rings is 1. The number of nitrogens with one attached hydrogen (secondary N) is 2. The molecule has 0 aliphatic carbocycles. The van der Waals surface area contributed by atoms with Crippen LogP contribution in [0.5, 0.6) is 0 Å². The number of hydrogen-bond donors (Lipinski definition) is 2. The standard InChI is InChI=1S/C15H21N3/c1-3-5-12(2)11-16-14-7-4-6-13(10-14)15-8-9-17-18-15/h4,6-10,12,16H,3,5,11H2,1-2H3,(H,17,18). The molecular weight excluding hydrogens is 222 g/mol. The normalized spacial score (nSPS) is 12.3. The number of aromatic amines is 1. The first kappa shape index (κ1) is 12.7. The predicted molar refractivity (Wildman–Crippen MR) is 76.6 cm³/mol. The van der Waals surface area contributed by atoms with Crippen molar-refractivity contribution in [2.24, 2.45) is 5.92 Å². The summed E-state index contributed by atoms with van der Waals surface area (Å²) in [5, 5.41) is 10.5. The van der Waals surface area contributed by atoms with E-state index in [-0.39, 0.29) is 0 Å². The Labute approximate surface area is 109 Å². The molecule has 3 heteroatoms. The Hall–Kier alpha value is -1.77. The summed E-state index contributed by atoms with van der Waals surface area (Å²) in [5.41, 5.74) is 3.39. The van der Waals surface area contributed by atoms with E-state index < -0.39 is 0 Å². The molecule has 0 saturated heterocycles. The van der Waals surface area contributed by atoms with Gasteiger partial charge in [-0.2, -0.15) is 5.10 Å². The highest BCUT2D eigenvalue weighted by molar-refractivity contribution is 5.64. The van der Waals surface area contributed by atoms with Gasteiger partial charge in [-0.3, -0.25) is 5.10 Å². The molecular formula is C15H21N3. The van der Waals surface area contributed by atoms with E-state index in [9.17, 15) is 0 Å². The highest BCUT2D eigenvalue weighted by Crippen LogP contribution is 2.20. The maximum atomic E-state index is 3.98. The minimum Gasteiger partial charge on any atom is -0.385 e. The van der Waals surface area contributed by atoms with Crippen LogP contribution in [-0.4, -0.2) is 16.7 Å². The lowest BCUT2D eigenvalue weighted by molar-refractivity contribution is 0.551. The molecule has 0 radical (unpaired) electrons. The van der Waals surface area contributed by atoms with Crippen LogP contribution in [-0.2, 0) is 0 Å². The van der Waals surface area contributed by atoms with Gasteiger partial charge in [0.15, 0.2) is 0 Å². The van der Waals surface area contributed by atoms with Gasteiger partial charge < -0.3 is 5.32 Å². The summed E-state index contributed by atoms with van der Waals surface area (Å²) in [6, 6.07) is 10.4. The molecule has 1 unspecified atom stereocenters. The molecule has 96 valence electrons. The van der Waals surface area contributed by atoms with Gasteiger partial charge in [0, 0.05) is 24.0 Å². The maximum absolute atomic E-state index is 3.98. The summed E-state index contributed by atoms with van der Waals surface area (Å²) >= 11 is 0. The van der Waals surface area contributed by atoms with E-state index >= 15 is 0 Å². The molecule has 1 atom stereocenters. The average molecular weight is 243 g/mol. The van der Waals surface area contributed by atoms with Crippen molar-refractivity contribution in [1.82, 2.24) is 10.2 Å². The van der Waals surface area contributed by atoms with Gasteiger partial charge in [-0.1, -0.05) is 32.4 Å². The minimum absolute atomic E-state index is 0.714. The topological polar surface area (TPSA) is 40.7 Å². The second-order valence-corrected chi connectivity index (χ2v) is 4.83. The van der Waals surface area contributed by atoms with Crippen LogP contribution in [0.1, 0.15) is 26.7 Å². The molecule has 0 fully saturated rings. The summed E-state index contributed by atoms with van der Waals surface area (Å²) in [6.45, 7) is 5.55. The average Bonchev–Trinajstić information content (AvgIpc) is 2.91. The second kappa shape index (κ2) is 6.24. The van der Waals surface area contributed by atoms with Crippen LogP contribution in [0.4, 0.5) is 5.69 Å². The number of rotatable bonds is 6. The van der Waals surface area contributed by atoms with Crippen LogP contribution in [0.3, 0.4) is 0 Å². The third-order valence-electron chi connectivity index (χ3n) is 3.11. The molecule has 0 aliphatic rings. The summed E-state index contributed by atoms with van der Waals surface area (Å²) in [7, 11) is 0. The molecule has 0 aliphatic heterocycles. The third kappa shape index (κ3) is 3.36. The molecule has 1 heterocycles. The molecule has 0 spiro atoms. The molecule has 3 nitrogen and oxygen atoms in total. The third-order valence-corrected chi connectivity index (χ3v) is 3.11. The smallest absolute Gasteiger partial charge is 0.0650 e. The number of aromatic nitrogens is 2. The van der Waals surface area contributed by atoms with Gasteiger partial charge in [0.25, 0.3) is 0 Å². The van der Waals surface area contributed by atoms with Crippen LogP contribution in [0.15, 0.2) is 36.5 Å². The van der Waals surface area contributed by atoms with Crippen LogP contribution < -0.4 is 5.32 Å². The fraction of sp³-hybridized carbons (Fsp3) is 0.400. The fourth-order valence-electron chi connectivity index (χ4n) is 2.10. The highest BCUT2D eigenvalue weighted by Gasteiger charge is 2.02. The molecule has 18 heavy (non-hydrogen) atoms. The van der Waals surface area contributed by atoms with Crippen molar-refractivity contribution in [3.05, 3.63) is 36.5 Å². The van der Waals surface area contributed by atoms with E-state index in [1.54, 1.807) is 6.20 Å². The van der Waals surface area contributed by atoms with Crippen LogP contribution in [0, 0.1) is 5.92 Å². The second-order valence-electron chi connectivity index (χ2n) is 4.83. The molecule has 0 amide bonds. The van der Waals surface area contributed by atoms with E-state index in [4.69, 9.17) is 0 Å². The van der Waals surface area contributed by atoms with E-state index in [1.807, 2.05) is 6.07 Å². The largest absolute Gasteiger partial charge is 0.385 e. The van der Waals surface area contributed by atoms with Crippen LogP contribution in [0.25, 0.3) is 11.3 Å². The van der Waals surface area contributed by atoms with E-state index in [2.05, 4.69) is 53.6 Å². The van der Waals surface area contributed by atoms with Gasteiger partial charge in [-0.25, -0.2) is 0 Å². The van der Waals surface area contributed by atoms with Crippen molar-refractivity contribution in [2.75, 3.05) is 11.9 Å². The van der Waals surface area contributed by atoms with Crippen molar-refractivity contribution < 1.29 is 0 Å². The van der Waals surface area contributed by atoms with E-state index in [0.29, 0.717) is 5.92 Å². The Bertz CT molecular complexity index is 462. The van der Waals surface area contributed by atoms with Crippen molar-refractivity contribution in [3.63, 3.8) is 0 Å². The molecule has 0 bridgehead atoms. The highest BCUT2D eigenvalue weighted by atomic mass is 15.1. The fourth-order valence-corrected chi connectivity index (χ4v) is 2.10. The lowest BCUT2D eigenvalue weighted by atomic mass is 10.1. The number of H-pyrrole nitrogens is 1. The number of hydrogen-bond acceptors (Lipinski definition) is 2. The van der Waals surface area contributed by atoms with Crippen molar-refractivity contribution in [3.8, 4) is 11.3 Å². The van der Waals surface area contributed by atoms with Gasteiger partial charge in [0.05, 0.1) is 5.69 Å². The Balaban J connectivity index is 2.00. The lowest BCUT2D eigenvalue weighted by Gasteiger charge is -2.13. The summed E-state index contributed by atoms with van der Waals surface area (Å²) in [6.07, 6.45) is 4.29. The first-order chi connectivity index (χ1) is 8.79. The van der Waals surface area contributed by atoms with Crippen molar-refractivity contribution in [2.45, 2.75) is 26.7 Å². The Morgan fingerprint density at radius 1 is 1.33 bits per heavy atom. The van der Waals surface area contributed by atoms with Crippen LogP contribution >= 0.6 is 0 Å². The van der Waals surface area contributed by atoms with Crippen molar-refractivity contribution >= 4 is 5.69 Å². The van der Waals surface area contributed by atoms with E-state index in [1.165, 1.54) is 24.1 Å². The number of anilines is 1. The Morgan fingerprint density at radius 2 is 2.22 bits per heavy atom. The Kier molecular flexibility index (Phi) is 4.40. The first-order valence-electron chi connectivity index (χ1n) is 6.63. The summed E-state index contributed by atoms with van der Waals surface area (Å²) < 4.78 is 0. The summed E-state index contributed by atoms with van der Waals surface area (Å²) in [5.74, 6) is 0.714. The first-order valence-corrected chi connectivity index (χ1v) is 6.63. The number of nitrogens with zero attached hydrogens (tertiary/aromatic N) is 1.